The Morgan fingerprint density at radius 1 is 1.00 bits per heavy atom. The van der Waals surface area contributed by atoms with Crippen LogP contribution in [-0.4, -0.2) is 31.7 Å². The lowest BCUT2D eigenvalue weighted by Crippen LogP contribution is -2.30. The fraction of sp³-hybridized carbons (Fsp3) is 0.316. The van der Waals surface area contributed by atoms with Crippen LogP contribution in [0.5, 0.6) is 0 Å². The first-order valence-corrected chi connectivity index (χ1v) is 9.72. The molecule has 0 aliphatic carbocycles. The fourth-order valence-electron chi connectivity index (χ4n) is 2.69. The highest BCUT2D eigenvalue weighted by molar-refractivity contribution is 7.89. The van der Waals surface area contributed by atoms with E-state index >= 15 is 0 Å². The smallest absolute Gasteiger partial charge is 0.255 e. The quantitative estimate of drug-likeness (QED) is 0.856. The van der Waals surface area contributed by atoms with E-state index in [0.717, 1.165) is 11.1 Å². The van der Waals surface area contributed by atoms with Crippen molar-refractivity contribution in [2.75, 3.05) is 18.4 Å². The first kappa shape index (κ1) is 19.1. The van der Waals surface area contributed by atoms with Crippen molar-refractivity contribution in [2.24, 2.45) is 0 Å². The van der Waals surface area contributed by atoms with E-state index in [1.807, 2.05) is 26.0 Å². The summed E-state index contributed by atoms with van der Waals surface area (Å²) in [5, 5.41) is 2.81. The lowest BCUT2D eigenvalue weighted by molar-refractivity contribution is 0.102. The Kier molecular flexibility index (Phi) is 5.98. The van der Waals surface area contributed by atoms with Gasteiger partial charge in [-0.2, -0.15) is 4.31 Å². The van der Waals surface area contributed by atoms with Crippen LogP contribution in [0.2, 0.25) is 0 Å². The topological polar surface area (TPSA) is 66.5 Å². The van der Waals surface area contributed by atoms with Crippen LogP contribution in [0.3, 0.4) is 0 Å². The zero-order valence-corrected chi connectivity index (χ0v) is 15.9. The van der Waals surface area contributed by atoms with Gasteiger partial charge in [0.1, 0.15) is 0 Å². The van der Waals surface area contributed by atoms with E-state index in [1.165, 1.54) is 16.4 Å². The molecule has 0 atom stereocenters. The van der Waals surface area contributed by atoms with Gasteiger partial charge >= 0.3 is 0 Å². The van der Waals surface area contributed by atoms with E-state index in [1.54, 1.807) is 32.0 Å². The zero-order valence-electron chi connectivity index (χ0n) is 15.0. The van der Waals surface area contributed by atoms with Crippen LogP contribution in [0.25, 0.3) is 0 Å². The zero-order chi connectivity index (χ0) is 18.6. The van der Waals surface area contributed by atoms with Gasteiger partial charge in [-0.1, -0.05) is 31.5 Å². The van der Waals surface area contributed by atoms with Gasteiger partial charge in [-0.15, -0.1) is 0 Å². The second-order valence-corrected chi connectivity index (χ2v) is 7.82. The van der Waals surface area contributed by atoms with Gasteiger partial charge in [-0.3, -0.25) is 4.79 Å². The molecule has 2 aromatic rings. The van der Waals surface area contributed by atoms with Gasteiger partial charge in [0.2, 0.25) is 10.0 Å². The van der Waals surface area contributed by atoms with Crippen molar-refractivity contribution in [3.05, 3.63) is 59.2 Å². The number of carbonyl (C=O) groups is 1. The van der Waals surface area contributed by atoms with Crippen molar-refractivity contribution in [1.82, 2.24) is 4.31 Å². The number of rotatable bonds is 6. The van der Waals surface area contributed by atoms with Gasteiger partial charge in [0, 0.05) is 24.3 Å². The monoisotopic (exact) mass is 360 g/mol. The number of benzene rings is 2. The molecule has 0 unspecified atom stereocenters. The fourth-order valence-corrected chi connectivity index (χ4v) is 4.15. The highest BCUT2D eigenvalue weighted by Gasteiger charge is 2.21. The van der Waals surface area contributed by atoms with E-state index in [-0.39, 0.29) is 10.8 Å². The standard InChI is InChI=1S/C19H24N2O3S/c1-5-21(6-2)25(23,24)17-10-8-16(9-11-17)20-19(22)18-12-7-14(3)13-15(18)4/h7-13H,5-6H2,1-4H3,(H,20,22). The Labute approximate surface area is 149 Å². The average molecular weight is 360 g/mol. The number of nitrogens with zero attached hydrogens (tertiary/aromatic N) is 1. The summed E-state index contributed by atoms with van der Waals surface area (Å²) < 4.78 is 26.3. The molecule has 2 aromatic carbocycles. The Bertz CT molecular complexity index is 855. The highest BCUT2D eigenvalue weighted by Crippen LogP contribution is 2.19. The molecule has 1 N–H and O–H groups in total. The summed E-state index contributed by atoms with van der Waals surface area (Å²) in [7, 11) is -3.49. The maximum Gasteiger partial charge on any atom is 0.255 e. The summed E-state index contributed by atoms with van der Waals surface area (Å²) in [6.45, 7) is 8.32. The number of aryl methyl sites for hydroxylation is 2. The molecular weight excluding hydrogens is 336 g/mol. The Morgan fingerprint density at radius 2 is 1.60 bits per heavy atom. The number of hydrogen-bond acceptors (Lipinski definition) is 3. The summed E-state index contributed by atoms with van der Waals surface area (Å²) in [5.41, 5.74) is 3.16. The Morgan fingerprint density at radius 3 is 2.12 bits per heavy atom. The molecule has 0 saturated heterocycles. The molecule has 5 nitrogen and oxygen atoms in total. The minimum absolute atomic E-state index is 0.211. The second kappa shape index (κ2) is 7.80. The molecule has 25 heavy (non-hydrogen) atoms. The molecule has 0 aliphatic rings. The lowest BCUT2D eigenvalue weighted by Gasteiger charge is -2.18. The molecule has 1 amide bonds. The van der Waals surface area contributed by atoms with E-state index in [9.17, 15) is 13.2 Å². The maximum absolute atomic E-state index is 12.5. The molecule has 0 aromatic heterocycles. The predicted molar refractivity (Wildman–Crippen MR) is 100 cm³/mol. The van der Waals surface area contributed by atoms with Gasteiger partial charge in [0.15, 0.2) is 0 Å². The third kappa shape index (κ3) is 4.27. The average Bonchev–Trinajstić information content (AvgIpc) is 2.56. The number of sulfonamides is 1. The second-order valence-electron chi connectivity index (χ2n) is 5.89. The maximum atomic E-state index is 12.5. The van der Waals surface area contributed by atoms with Gasteiger partial charge in [0.25, 0.3) is 5.91 Å². The predicted octanol–water partition coefficient (Wildman–Crippen LogP) is 3.59. The molecule has 0 radical (unpaired) electrons. The summed E-state index contributed by atoms with van der Waals surface area (Å²) in [4.78, 5) is 12.6. The minimum Gasteiger partial charge on any atom is -0.322 e. The van der Waals surface area contributed by atoms with Crippen molar-refractivity contribution >= 4 is 21.6 Å². The van der Waals surface area contributed by atoms with Crippen molar-refractivity contribution in [3.8, 4) is 0 Å². The first-order valence-electron chi connectivity index (χ1n) is 8.28. The Balaban J connectivity index is 2.19. The van der Waals surface area contributed by atoms with E-state index < -0.39 is 10.0 Å². The number of amides is 1. The molecule has 0 spiro atoms. The third-order valence-electron chi connectivity index (χ3n) is 4.08. The van der Waals surface area contributed by atoms with E-state index in [4.69, 9.17) is 0 Å². The van der Waals surface area contributed by atoms with Crippen molar-refractivity contribution < 1.29 is 13.2 Å². The summed E-state index contributed by atoms with van der Waals surface area (Å²) in [6.07, 6.45) is 0. The first-order chi connectivity index (χ1) is 11.8. The third-order valence-corrected chi connectivity index (χ3v) is 6.15. The van der Waals surface area contributed by atoms with Crippen LogP contribution in [0.4, 0.5) is 5.69 Å². The van der Waals surface area contributed by atoms with Crippen LogP contribution >= 0.6 is 0 Å². The number of anilines is 1. The Hall–Kier alpha value is -2.18. The molecule has 6 heteroatoms. The van der Waals surface area contributed by atoms with Crippen LogP contribution in [-0.2, 0) is 10.0 Å². The van der Waals surface area contributed by atoms with Crippen LogP contribution in [0.15, 0.2) is 47.4 Å². The van der Waals surface area contributed by atoms with Crippen molar-refractivity contribution in [2.45, 2.75) is 32.6 Å². The van der Waals surface area contributed by atoms with Gasteiger partial charge < -0.3 is 5.32 Å². The SMILES string of the molecule is CCN(CC)S(=O)(=O)c1ccc(NC(=O)c2ccc(C)cc2C)cc1. The van der Waals surface area contributed by atoms with Crippen LogP contribution < -0.4 is 5.32 Å². The molecule has 0 saturated carbocycles. The molecule has 0 aliphatic heterocycles. The molecule has 0 fully saturated rings. The van der Waals surface area contributed by atoms with Crippen molar-refractivity contribution in [3.63, 3.8) is 0 Å². The summed E-state index contributed by atoms with van der Waals surface area (Å²) >= 11 is 0. The normalized spacial score (nSPS) is 11.6. The summed E-state index contributed by atoms with van der Waals surface area (Å²) in [6, 6.07) is 11.9. The number of hydrogen-bond donors (Lipinski definition) is 1. The minimum atomic E-state index is -3.49. The summed E-state index contributed by atoms with van der Waals surface area (Å²) in [5.74, 6) is -0.211. The van der Waals surface area contributed by atoms with Crippen LogP contribution in [0.1, 0.15) is 35.3 Å². The highest BCUT2D eigenvalue weighted by atomic mass is 32.2. The molecule has 2 rings (SSSR count). The molecule has 0 heterocycles. The van der Waals surface area contributed by atoms with Gasteiger partial charge in [-0.05, 0) is 49.7 Å². The number of nitrogens with one attached hydrogen (secondary N) is 1. The van der Waals surface area contributed by atoms with Crippen molar-refractivity contribution in [1.29, 1.82) is 0 Å². The molecular formula is C19H24N2O3S. The van der Waals surface area contributed by atoms with Crippen LogP contribution in [0, 0.1) is 13.8 Å². The molecule has 134 valence electrons. The molecule has 0 bridgehead atoms. The van der Waals surface area contributed by atoms with Gasteiger partial charge in [0.05, 0.1) is 4.90 Å². The lowest BCUT2D eigenvalue weighted by atomic mass is 10.1. The number of carbonyl (C=O) groups excluding carboxylic acids is 1. The van der Waals surface area contributed by atoms with E-state index in [0.29, 0.717) is 24.3 Å². The van der Waals surface area contributed by atoms with E-state index in [2.05, 4.69) is 5.32 Å². The van der Waals surface area contributed by atoms with Gasteiger partial charge in [-0.25, -0.2) is 8.42 Å². The largest absolute Gasteiger partial charge is 0.322 e.